The molecule has 0 saturated carbocycles. The van der Waals surface area contributed by atoms with E-state index >= 15 is 0 Å². The topological polar surface area (TPSA) is 46.5 Å². The van der Waals surface area contributed by atoms with Crippen molar-refractivity contribution in [3.8, 4) is 0 Å². The molecule has 0 unspecified atom stereocenters. The number of carbonyl (C=O) groups excluding carboxylic acids is 2. The predicted molar refractivity (Wildman–Crippen MR) is 97.2 cm³/mol. The molecule has 0 atom stereocenters. The van der Waals surface area contributed by atoms with Crippen LogP contribution in [0.1, 0.15) is 52.8 Å². The SMILES string of the molecule is O=C1c2cccc3cccc(c23)C(=O)C1CCCCCCN=C=[Se]. The summed E-state index contributed by atoms with van der Waals surface area (Å²) in [6, 6.07) is 11.4. The summed E-state index contributed by atoms with van der Waals surface area (Å²) in [5.74, 6) is -0.530. The van der Waals surface area contributed by atoms with E-state index in [4.69, 9.17) is 0 Å². The first kappa shape index (κ1) is 17.0. The quantitative estimate of drug-likeness (QED) is 0.315. The Morgan fingerprint density at radius 3 is 2.17 bits per heavy atom. The van der Waals surface area contributed by atoms with Crippen molar-refractivity contribution in [2.45, 2.75) is 32.1 Å². The van der Waals surface area contributed by atoms with E-state index in [2.05, 4.69) is 25.3 Å². The molecule has 0 fully saturated rings. The van der Waals surface area contributed by atoms with E-state index in [1.54, 1.807) is 0 Å². The normalized spacial score (nSPS) is 14.0. The van der Waals surface area contributed by atoms with Crippen molar-refractivity contribution in [2.24, 2.45) is 10.9 Å². The van der Waals surface area contributed by atoms with Gasteiger partial charge in [0.05, 0.1) is 0 Å². The maximum atomic E-state index is 12.8. The molecular formula is C20H19NO2Se. The summed E-state index contributed by atoms with van der Waals surface area (Å²) in [7, 11) is 0. The Labute approximate surface area is 149 Å². The van der Waals surface area contributed by atoms with Gasteiger partial charge in [0.1, 0.15) is 0 Å². The third-order valence-electron chi connectivity index (χ3n) is 4.65. The first-order valence-corrected chi connectivity index (χ1v) is 9.23. The zero-order valence-electron chi connectivity index (χ0n) is 13.5. The molecule has 0 aliphatic heterocycles. The van der Waals surface area contributed by atoms with Crippen LogP contribution in [0.4, 0.5) is 0 Å². The Morgan fingerprint density at radius 2 is 1.54 bits per heavy atom. The van der Waals surface area contributed by atoms with Gasteiger partial charge in [-0.15, -0.1) is 0 Å². The molecular weight excluding hydrogens is 365 g/mol. The van der Waals surface area contributed by atoms with Crippen LogP contribution < -0.4 is 0 Å². The van der Waals surface area contributed by atoms with Gasteiger partial charge in [-0.25, -0.2) is 0 Å². The molecule has 3 nitrogen and oxygen atoms in total. The third kappa shape index (κ3) is 3.32. The molecule has 0 saturated heterocycles. The van der Waals surface area contributed by atoms with Crippen LogP contribution >= 0.6 is 0 Å². The van der Waals surface area contributed by atoms with Gasteiger partial charge >= 0.3 is 120 Å². The van der Waals surface area contributed by atoms with Crippen LogP contribution in [0.5, 0.6) is 0 Å². The zero-order chi connectivity index (χ0) is 16.9. The van der Waals surface area contributed by atoms with E-state index in [-0.39, 0.29) is 11.6 Å². The molecule has 4 heteroatoms. The number of nitrogens with zero attached hydrogens (tertiary/aromatic N) is 1. The monoisotopic (exact) mass is 385 g/mol. The Morgan fingerprint density at radius 1 is 0.917 bits per heavy atom. The zero-order valence-corrected chi connectivity index (χ0v) is 15.2. The average molecular weight is 384 g/mol. The van der Waals surface area contributed by atoms with E-state index < -0.39 is 5.92 Å². The van der Waals surface area contributed by atoms with E-state index in [0.717, 1.165) is 43.0 Å². The van der Waals surface area contributed by atoms with Crippen molar-refractivity contribution in [2.75, 3.05) is 6.54 Å². The number of unbranched alkanes of at least 4 members (excludes halogenated alkanes) is 3. The second kappa shape index (κ2) is 7.81. The fourth-order valence-corrected chi connectivity index (χ4v) is 3.64. The summed E-state index contributed by atoms with van der Waals surface area (Å²) in [6.07, 6.45) is 4.63. The predicted octanol–water partition coefficient (Wildman–Crippen LogP) is 3.86. The molecule has 24 heavy (non-hydrogen) atoms. The Hall–Kier alpha value is -1.86. The number of hydrogen-bond donors (Lipinski definition) is 0. The molecule has 0 spiro atoms. The van der Waals surface area contributed by atoms with Gasteiger partial charge in [0.15, 0.2) is 0 Å². The molecule has 0 radical (unpaired) electrons. The molecule has 0 amide bonds. The van der Waals surface area contributed by atoms with E-state index in [9.17, 15) is 9.59 Å². The molecule has 1 aliphatic carbocycles. The van der Waals surface area contributed by atoms with Crippen LogP contribution in [0.3, 0.4) is 0 Å². The van der Waals surface area contributed by atoms with Crippen LogP contribution in [0.15, 0.2) is 41.4 Å². The van der Waals surface area contributed by atoms with Crippen LogP contribution in [-0.2, 0) is 0 Å². The number of rotatable bonds is 7. The molecule has 3 rings (SSSR count). The Bertz CT molecular complexity index is 786. The van der Waals surface area contributed by atoms with E-state index in [1.165, 1.54) is 0 Å². The van der Waals surface area contributed by atoms with Gasteiger partial charge in [0.25, 0.3) is 0 Å². The molecule has 2 aromatic carbocycles. The summed E-state index contributed by atoms with van der Waals surface area (Å²) in [5, 5.41) is 1.80. The first-order chi connectivity index (χ1) is 11.7. The van der Waals surface area contributed by atoms with Gasteiger partial charge in [0, 0.05) is 0 Å². The summed E-state index contributed by atoms with van der Waals surface area (Å²) < 4.78 is 2.65. The van der Waals surface area contributed by atoms with Crippen LogP contribution in [0.2, 0.25) is 0 Å². The maximum absolute atomic E-state index is 12.8. The number of carbonyl (C=O) groups is 2. The molecule has 2 aromatic rings. The minimum atomic E-state index is -0.512. The van der Waals surface area contributed by atoms with Crippen molar-refractivity contribution in [1.82, 2.24) is 0 Å². The van der Waals surface area contributed by atoms with Crippen LogP contribution in [-0.4, -0.2) is 38.4 Å². The molecule has 0 heterocycles. The number of ketones is 2. The Balaban J connectivity index is 1.70. The van der Waals surface area contributed by atoms with Crippen molar-refractivity contribution in [1.29, 1.82) is 0 Å². The summed E-state index contributed by atoms with van der Waals surface area (Å²) in [5.41, 5.74) is 1.41. The molecule has 122 valence electrons. The van der Waals surface area contributed by atoms with Gasteiger partial charge in [-0.3, -0.25) is 0 Å². The second-order valence-electron chi connectivity index (χ2n) is 6.17. The second-order valence-corrected chi connectivity index (χ2v) is 6.55. The van der Waals surface area contributed by atoms with Crippen LogP contribution in [0, 0.1) is 5.92 Å². The van der Waals surface area contributed by atoms with Gasteiger partial charge in [-0.1, -0.05) is 24.3 Å². The van der Waals surface area contributed by atoms with Gasteiger partial charge < -0.3 is 0 Å². The average Bonchev–Trinajstić information content (AvgIpc) is 2.61. The number of Topliss-reactive ketones (excluding diaryl/α,β-unsaturated/α-hetero) is 2. The number of benzene rings is 2. The van der Waals surface area contributed by atoms with Crippen molar-refractivity contribution in [3.05, 3.63) is 47.5 Å². The van der Waals surface area contributed by atoms with E-state index in [0.29, 0.717) is 17.5 Å². The van der Waals surface area contributed by atoms with Crippen molar-refractivity contribution >= 4 is 42.6 Å². The summed E-state index contributed by atoms with van der Waals surface area (Å²) in [4.78, 5) is 29.6. The van der Waals surface area contributed by atoms with Crippen LogP contribution in [0.25, 0.3) is 10.8 Å². The summed E-state index contributed by atoms with van der Waals surface area (Å²) >= 11 is 2.62. The fourth-order valence-electron chi connectivity index (χ4n) is 3.45. The fraction of sp³-hybridized carbons (Fsp3) is 0.350. The van der Waals surface area contributed by atoms with E-state index in [1.807, 2.05) is 36.4 Å². The molecule has 0 bridgehead atoms. The first-order valence-electron chi connectivity index (χ1n) is 8.38. The minimum absolute atomic E-state index is 0.00924. The third-order valence-corrected chi connectivity index (χ3v) is 4.92. The number of aliphatic imine (C=N–C) groups is 1. The molecule has 0 N–H and O–H groups in total. The van der Waals surface area contributed by atoms with Gasteiger partial charge in [-0.2, -0.15) is 0 Å². The summed E-state index contributed by atoms with van der Waals surface area (Å²) in [6.45, 7) is 0.781. The Kier molecular flexibility index (Phi) is 5.52. The standard InChI is InChI=1S/C20H19NO2Se/c22-19-15-10-5-7-14-8-6-11-16(18(14)15)20(23)17(19)9-3-1-2-4-12-21-13-24/h5-8,10-11,17H,1-4,9,12H2. The molecule has 1 aliphatic rings. The van der Waals surface area contributed by atoms with Gasteiger partial charge in [0.2, 0.25) is 0 Å². The number of hydrogen-bond acceptors (Lipinski definition) is 3. The van der Waals surface area contributed by atoms with Gasteiger partial charge in [-0.05, 0) is 5.39 Å². The molecule has 0 aromatic heterocycles. The van der Waals surface area contributed by atoms with Crippen molar-refractivity contribution in [3.63, 3.8) is 0 Å². The van der Waals surface area contributed by atoms with Crippen molar-refractivity contribution < 1.29 is 9.59 Å².